The number of sulfone groups is 1. The number of phenolic OH excluding ortho intramolecular Hbond substituents is 1. The van der Waals surface area contributed by atoms with E-state index >= 15 is 0 Å². The van der Waals surface area contributed by atoms with Crippen LogP contribution in [0.5, 0.6) is 5.75 Å². The van der Waals surface area contributed by atoms with Gasteiger partial charge in [0.05, 0.1) is 17.3 Å². The Kier molecular flexibility index (Phi) is 11.9. The number of fused-ring (bicyclic) bond motifs is 2. The van der Waals surface area contributed by atoms with Crippen LogP contribution in [0.25, 0.3) is 21.5 Å². The van der Waals surface area contributed by atoms with Crippen molar-refractivity contribution in [2.75, 3.05) is 23.0 Å². The molecule has 0 unspecified atom stereocenters. The first-order valence-electron chi connectivity index (χ1n) is 15.9. The molecule has 0 amide bonds. The normalized spacial score (nSPS) is 12.9. The predicted molar refractivity (Wildman–Crippen MR) is 211 cm³/mol. The van der Waals surface area contributed by atoms with Crippen molar-refractivity contribution < 1.29 is 69.6 Å². The summed E-state index contributed by atoms with van der Waals surface area (Å²) < 4.78 is 164. The highest BCUT2D eigenvalue weighted by Gasteiger charge is 2.27. The molecule has 0 aliphatic rings. The van der Waals surface area contributed by atoms with Gasteiger partial charge in [0.1, 0.15) is 31.8 Å². The van der Waals surface area contributed by atoms with E-state index in [1.807, 2.05) is 0 Å². The lowest BCUT2D eigenvalue weighted by Crippen LogP contribution is -2.15. The van der Waals surface area contributed by atoms with E-state index in [0.717, 1.165) is 36.4 Å². The molecule has 0 spiro atoms. The molecular weight excluding hydrogens is 922 g/mol. The van der Waals surface area contributed by atoms with Gasteiger partial charge in [-0.2, -0.15) is 48.6 Å². The number of rotatable bonds is 14. The molecule has 23 nitrogen and oxygen atoms in total. The van der Waals surface area contributed by atoms with Crippen molar-refractivity contribution in [1.29, 1.82) is 0 Å². The van der Waals surface area contributed by atoms with Crippen LogP contribution < -0.4 is 10.6 Å². The lowest BCUT2D eigenvalue weighted by molar-refractivity contribution is 0.284. The zero-order valence-electron chi connectivity index (χ0n) is 29.3. The van der Waals surface area contributed by atoms with Gasteiger partial charge in [-0.25, -0.2) is 12.6 Å². The zero-order chi connectivity index (χ0) is 44.0. The van der Waals surface area contributed by atoms with Crippen molar-refractivity contribution in [3.8, 4) is 5.75 Å². The molecule has 5 aromatic carbocycles. The van der Waals surface area contributed by atoms with E-state index in [1.165, 1.54) is 42.5 Å². The van der Waals surface area contributed by atoms with Crippen molar-refractivity contribution in [2.45, 2.75) is 19.6 Å². The van der Waals surface area contributed by atoms with Crippen LogP contribution in [0.1, 0.15) is 0 Å². The Morgan fingerprint density at radius 2 is 1.25 bits per heavy atom. The number of anilines is 4. The van der Waals surface area contributed by atoms with E-state index in [-0.39, 0.29) is 49.6 Å². The minimum Gasteiger partial charge on any atom is -0.506 e. The fourth-order valence-corrected chi connectivity index (χ4v) is 9.60. The molecule has 1 aromatic heterocycles. The van der Waals surface area contributed by atoms with E-state index in [1.54, 1.807) is 0 Å². The van der Waals surface area contributed by atoms with Crippen LogP contribution in [-0.4, -0.2) is 92.7 Å². The number of aromatic nitrogens is 3. The maximum atomic E-state index is 12.8. The monoisotopic (exact) mass is 945 g/mol. The van der Waals surface area contributed by atoms with Gasteiger partial charge in [-0.05, 0) is 71.6 Å². The summed E-state index contributed by atoms with van der Waals surface area (Å²) in [6.07, 6.45) is 0. The van der Waals surface area contributed by atoms with Crippen molar-refractivity contribution in [3.63, 3.8) is 0 Å². The molecule has 6 rings (SSSR count). The number of azo groups is 1. The average Bonchev–Trinajstić information content (AvgIpc) is 3.11. The number of halogens is 1. The topological polar surface area (TPSA) is 369 Å². The van der Waals surface area contributed by atoms with Gasteiger partial charge in [0.15, 0.2) is 9.84 Å². The number of aromatic hydroxyl groups is 1. The van der Waals surface area contributed by atoms with Gasteiger partial charge in [-0.3, -0.25) is 18.2 Å². The van der Waals surface area contributed by atoms with Crippen molar-refractivity contribution in [1.82, 2.24) is 15.0 Å². The Morgan fingerprint density at radius 3 is 1.85 bits per heavy atom. The molecule has 0 saturated heterocycles. The third-order valence-electron chi connectivity index (χ3n) is 7.97. The van der Waals surface area contributed by atoms with Crippen LogP contribution in [0.4, 0.5) is 34.6 Å². The van der Waals surface area contributed by atoms with E-state index < -0.39 is 100 Å². The summed E-state index contributed by atoms with van der Waals surface area (Å²) in [5.74, 6) is -2.03. The van der Waals surface area contributed by atoms with Crippen molar-refractivity contribution >= 4 is 118 Å². The van der Waals surface area contributed by atoms with Crippen LogP contribution in [0.2, 0.25) is 5.28 Å². The smallest absolute Gasteiger partial charge is 0.397 e. The van der Waals surface area contributed by atoms with Crippen LogP contribution in [-0.2, 0) is 54.8 Å². The van der Waals surface area contributed by atoms with Gasteiger partial charge < -0.3 is 15.7 Å². The maximum Gasteiger partial charge on any atom is 0.397 e. The van der Waals surface area contributed by atoms with E-state index in [9.17, 15) is 60.9 Å². The Bertz CT molecular complexity index is 3340. The summed E-state index contributed by atoms with van der Waals surface area (Å²) >= 11 is 6.10. The molecular formula is C31H24ClN7O16S5. The number of hydrogen-bond acceptors (Lipinski definition) is 19. The zero-order valence-corrected chi connectivity index (χ0v) is 34.1. The average molecular weight is 946 g/mol. The maximum absolute atomic E-state index is 12.8. The molecule has 7 N–H and O–H groups in total. The Labute approximate surface area is 343 Å². The first-order chi connectivity index (χ1) is 27.8. The van der Waals surface area contributed by atoms with Gasteiger partial charge >= 0.3 is 10.4 Å². The van der Waals surface area contributed by atoms with Gasteiger partial charge in [0, 0.05) is 27.5 Å². The highest BCUT2D eigenvalue weighted by Crippen LogP contribution is 2.43. The predicted octanol–water partition coefficient (Wildman–Crippen LogP) is 4.77. The molecule has 6 aromatic rings. The molecule has 0 aliphatic heterocycles. The van der Waals surface area contributed by atoms with Crippen LogP contribution in [0, 0.1) is 0 Å². The summed E-state index contributed by atoms with van der Waals surface area (Å²) in [5.41, 5.74) is -1.26. The van der Waals surface area contributed by atoms with E-state index in [2.05, 4.69) is 40.0 Å². The fraction of sp³-hybridized carbons (Fsp3) is 0.0645. The molecule has 1 heterocycles. The molecule has 0 atom stereocenters. The largest absolute Gasteiger partial charge is 0.506 e. The SMILES string of the molecule is O=S(=O)(O)OCCS(=O)(=O)c1ccc(Nc2nc(Cl)nc(Nc3ccc4cc(O)c(N=Nc5ccc6c(S(=O)(=O)O)cccc6c5S(=O)(=O)O)c(S(=O)(=O)O)c4c3)n2)cc1. The Balaban J connectivity index is 1.33. The molecule has 316 valence electrons. The number of nitrogens with one attached hydrogen (secondary N) is 2. The number of phenols is 1. The van der Waals surface area contributed by atoms with Crippen LogP contribution >= 0.6 is 11.6 Å². The lowest BCUT2D eigenvalue weighted by Gasteiger charge is -2.13. The second kappa shape index (κ2) is 16.2. The Hall–Kier alpha value is -5.53. The molecule has 29 heteroatoms. The second-order valence-corrected chi connectivity index (χ2v) is 19.6. The fourth-order valence-electron chi connectivity index (χ4n) is 5.57. The molecule has 0 bridgehead atoms. The molecule has 0 fully saturated rings. The van der Waals surface area contributed by atoms with E-state index in [0.29, 0.717) is 0 Å². The van der Waals surface area contributed by atoms with Crippen LogP contribution in [0.3, 0.4) is 0 Å². The third kappa shape index (κ3) is 10.1. The summed E-state index contributed by atoms with van der Waals surface area (Å²) in [6, 6.07) is 14.9. The molecule has 60 heavy (non-hydrogen) atoms. The first-order valence-corrected chi connectivity index (χ1v) is 23.6. The minimum atomic E-state index is -5.30. The number of nitrogens with zero attached hydrogens (tertiary/aromatic N) is 5. The van der Waals surface area contributed by atoms with Gasteiger partial charge in [0.2, 0.25) is 17.2 Å². The van der Waals surface area contributed by atoms with E-state index in [4.69, 9.17) is 16.2 Å². The summed E-state index contributed by atoms with van der Waals surface area (Å²) in [4.78, 5) is 9.14. The summed E-state index contributed by atoms with van der Waals surface area (Å²) in [7, 11) is -24.3. The van der Waals surface area contributed by atoms with Gasteiger partial charge in [-0.1, -0.05) is 24.3 Å². The first kappa shape index (κ1) is 44.0. The number of benzene rings is 5. The third-order valence-corrected chi connectivity index (χ3v) is 13.1. The second-order valence-electron chi connectivity index (χ2n) is 12.0. The lowest BCUT2D eigenvalue weighted by atomic mass is 10.1. The molecule has 0 saturated carbocycles. The van der Waals surface area contributed by atoms with Crippen LogP contribution in [0.15, 0.2) is 109 Å². The highest BCUT2D eigenvalue weighted by atomic mass is 35.5. The number of hydrogen-bond donors (Lipinski definition) is 7. The van der Waals surface area contributed by atoms with Gasteiger partial charge in [-0.15, -0.1) is 10.2 Å². The van der Waals surface area contributed by atoms with Crippen molar-refractivity contribution in [2.24, 2.45) is 10.2 Å². The van der Waals surface area contributed by atoms with Crippen molar-refractivity contribution in [3.05, 3.63) is 84.1 Å². The molecule has 0 aliphatic carbocycles. The highest BCUT2D eigenvalue weighted by molar-refractivity contribution is 7.91. The minimum absolute atomic E-state index is 0.0270. The standard InChI is InChI=1S/C31H24ClN7O16S5/c32-29-35-30(33-17-6-8-19(9-7-17)56(41,42)13-12-55-60(52,53)54)37-31(36-29)34-18-5-4-16-14-24(40)26(28(22(16)15-18)59(49,50)51)39-38-23-11-10-20-21(27(23)58(46,47)48)2-1-3-25(20)57(43,44)45/h1-11,14-15,40H,12-13H2,(H,43,44,45)(H,46,47,48)(H,49,50,51)(H,52,53,54)(H2,33,34,35,36,37). The Morgan fingerprint density at radius 1 is 0.633 bits per heavy atom. The molecule has 0 radical (unpaired) electrons. The summed E-state index contributed by atoms with van der Waals surface area (Å²) in [6.45, 7) is -0.831. The summed E-state index contributed by atoms with van der Waals surface area (Å²) in [5, 5.41) is 22.4. The van der Waals surface area contributed by atoms with Gasteiger partial charge in [0.25, 0.3) is 30.4 Å². The quantitative estimate of drug-likeness (QED) is 0.0571.